The molecule has 0 saturated heterocycles. The van der Waals surface area contributed by atoms with E-state index in [-0.39, 0.29) is 5.41 Å². The maximum atomic E-state index is 6.85. The maximum Gasteiger partial charge on any atom is 0.0535 e. The van der Waals surface area contributed by atoms with Gasteiger partial charge in [0, 0.05) is 0 Å². The minimum atomic E-state index is -1.55. The van der Waals surface area contributed by atoms with Gasteiger partial charge < -0.3 is 14.2 Å². The Balaban J connectivity index is 1.20. The van der Waals surface area contributed by atoms with Crippen LogP contribution in [0.4, 0.5) is 0 Å². The molecule has 0 heterocycles. The van der Waals surface area contributed by atoms with Gasteiger partial charge in [-0.1, -0.05) is 146 Å². The molecule has 0 aliphatic heterocycles. The summed E-state index contributed by atoms with van der Waals surface area (Å²) < 4.78 is 20.6. The Labute approximate surface area is 376 Å². The van der Waals surface area contributed by atoms with Gasteiger partial charge in [0.25, 0.3) is 0 Å². The molecule has 9 saturated carbocycles. The third-order valence-corrected chi connectivity index (χ3v) is 37.5. The molecule has 10 rings (SSSR count). The third kappa shape index (κ3) is 8.71. The van der Waals surface area contributed by atoms with Gasteiger partial charge in [0.15, 0.2) is 0 Å². The van der Waals surface area contributed by atoms with Crippen molar-refractivity contribution < 1.29 is 0 Å². The topological polar surface area (TPSA) is 37.1 Å². The van der Waals surface area contributed by atoms with Crippen LogP contribution in [0, 0.1) is 0 Å². The summed E-state index contributed by atoms with van der Waals surface area (Å²) >= 11 is 0. The molecule has 0 atom stereocenters. The Hall–Kier alpha value is -0.0900. The molecule has 6 heteroatoms. The van der Waals surface area contributed by atoms with Gasteiger partial charge in [0.2, 0.25) is 0 Å². The third-order valence-electron chi connectivity index (χ3n) is 20.4. The molecule has 0 radical (unpaired) electrons. The van der Waals surface area contributed by atoms with E-state index in [2.05, 4.69) is 30.3 Å². The molecular formula is C55H92N3P3. The average molecular weight is 888 g/mol. The van der Waals surface area contributed by atoms with Crippen molar-refractivity contribution in [2.75, 3.05) is 19.6 Å². The van der Waals surface area contributed by atoms with E-state index in [1.54, 1.807) is 5.56 Å². The molecule has 9 aliphatic carbocycles. The standard InChI is InChI=1S/C55H92N3P3/c1-2-22-45(23-3-1)55(42-56-59(46-24-4-5-25-46,47-26-6-7-27-47)48-28-8-9-29-48,43-57-60(49-30-10-11-31-49,50-32-12-13-33-50)51-34-14-15-35-51)44-58-61(52-36-16-17-37-52,53-38-18-19-39-53)54-40-20-21-41-54/h1-3,22-23,46-54H,4-21,24-44H2. The number of nitrogens with zero attached hydrogens (tertiary/aromatic N) is 3. The Morgan fingerprint density at radius 1 is 0.295 bits per heavy atom. The van der Waals surface area contributed by atoms with Gasteiger partial charge in [-0.15, -0.1) is 0 Å². The van der Waals surface area contributed by atoms with E-state index >= 15 is 0 Å². The van der Waals surface area contributed by atoms with Gasteiger partial charge in [0.1, 0.15) is 0 Å². The van der Waals surface area contributed by atoms with Crippen molar-refractivity contribution in [1.29, 1.82) is 0 Å². The van der Waals surface area contributed by atoms with Crippen LogP contribution in [-0.4, -0.2) is 70.6 Å². The van der Waals surface area contributed by atoms with Crippen LogP contribution in [0.3, 0.4) is 0 Å². The minimum absolute atomic E-state index is 0.0789. The van der Waals surface area contributed by atoms with Crippen LogP contribution in [0.25, 0.3) is 0 Å². The smallest absolute Gasteiger partial charge is 0.0535 e. The van der Waals surface area contributed by atoms with E-state index in [0.29, 0.717) is 0 Å². The Morgan fingerprint density at radius 2 is 0.475 bits per heavy atom. The van der Waals surface area contributed by atoms with Crippen LogP contribution >= 0.6 is 21.2 Å². The second kappa shape index (κ2) is 20.4. The quantitative estimate of drug-likeness (QED) is 0.148. The molecule has 0 spiro atoms. The van der Waals surface area contributed by atoms with Crippen molar-refractivity contribution in [2.24, 2.45) is 14.2 Å². The lowest BCUT2D eigenvalue weighted by Crippen LogP contribution is -2.39. The molecule has 9 aliphatic rings. The molecule has 0 amide bonds. The van der Waals surface area contributed by atoms with E-state index in [9.17, 15) is 0 Å². The summed E-state index contributed by atoms with van der Waals surface area (Å²) in [6, 6.07) is 12.4. The van der Waals surface area contributed by atoms with Gasteiger partial charge in [-0.25, -0.2) is 0 Å². The predicted molar refractivity (Wildman–Crippen MR) is 271 cm³/mol. The Morgan fingerprint density at radius 3 is 0.656 bits per heavy atom. The fourth-order valence-electron chi connectivity index (χ4n) is 17.6. The average Bonchev–Trinajstić information content (AvgIpc) is 4.17. The predicted octanol–water partition coefficient (Wildman–Crippen LogP) is 18.0. The first-order chi connectivity index (χ1) is 30.2. The van der Waals surface area contributed by atoms with Crippen LogP contribution < -0.4 is 0 Å². The molecule has 1 aromatic carbocycles. The number of rotatable bonds is 16. The van der Waals surface area contributed by atoms with Crippen LogP contribution in [-0.2, 0) is 5.41 Å². The van der Waals surface area contributed by atoms with Crippen molar-refractivity contribution in [3.8, 4) is 0 Å². The van der Waals surface area contributed by atoms with Crippen LogP contribution in [0.1, 0.15) is 237 Å². The summed E-state index contributed by atoms with van der Waals surface area (Å²) in [5, 5.41) is 0. The lowest BCUT2D eigenvalue weighted by Gasteiger charge is -2.46. The summed E-state index contributed by atoms with van der Waals surface area (Å²) in [7, 11) is -4.65. The van der Waals surface area contributed by atoms with Crippen molar-refractivity contribution >= 4 is 21.2 Å². The fraction of sp³-hybridized carbons (Fsp3) is 0.891. The molecule has 0 bridgehead atoms. The second-order valence-corrected chi connectivity index (χ2v) is 35.6. The maximum absolute atomic E-state index is 6.85. The molecule has 342 valence electrons. The van der Waals surface area contributed by atoms with Crippen molar-refractivity contribution in [1.82, 2.24) is 0 Å². The van der Waals surface area contributed by atoms with Crippen molar-refractivity contribution in [3.63, 3.8) is 0 Å². The lowest BCUT2D eigenvalue weighted by molar-refractivity contribution is 0.464. The molecule has 61 heavy (non-hydrogen) atoms. The van der Waals surface area contributed by atoms with Gasteiger partial charge in [-0.2, -0.15) is 0 Å². The fourth-order valence-corrected chi connectivity index (χ4v) is 37.3. The molecule has 0 aromatic heterocycles. The molecule has 0 N–H and O–H groups in total. The highest BCUT2D eigenvalue weighted by Gasteiger charge is 2.51. The summed E-state index contributed by atoms with van der Waals surface area (Å²) in [4.78, 5) is 0. The summed E-state index contributed by atoms with van der Waals surface area (Å²) in [5.41, 5.74) is 9.82. The summed E-state index contributed by atoms with van der Waals surface area (Å²) in [5.74, 6) is 0. The van der Waals surface area contributed by atoms with E-state index in [1.807, 2.05) is 0 Å². The van der Waals surface area contributed by atoms with Crippen molar-refractivity contribution in [2.45, 2.75) is 287 Å². The van der Waals surface area contributed by atoms with Crippen LogP contribution in [0.5, 0.6) is 0 Å². The number of benzene rings is 1. The monoisotopic (exact) mass is 888 g/mol. The van der Waals surface area contributed by atoms with E-state index in [4.69, 9.17) is 14.2 Å². The molecule has 1 aromatic rings. The van der Waals surface area contributed by atoms with Gasteiger partial charge in [-0.05, 0) is 193 Å². The first-order valence-electron chi connectivity index (χ1n) is 27.9. The minimum Gasteiger partial charge on any atom is -0.301 e. The summed E-state index contributed by atoms with van der Waals surface area (Å²) in [6.45, 7) is 3.17. The zero-order valence-electron chi connectivity index (χ0n) is 39.3. The largest absolute Gasteiger partial charge is 0.301 e. The van der Waals surface area contributed by atoms with Gasteiger partial charge in [0.05, 0.1) is 25.0 Å². The Bertz CT molecular complexity index is 1380. The molecule has 9 fully saturated rings. The number of hydrogen-bond donors (Lipinski definition) is 0. The normalized spacial score (nSPS) is 27.2. The van der Waals surface area contributed by atoms with Gasteiger partial charge in [-0.3, -0.25) is 0 Å². The first-order valence-corrected chi connectivity index (χ1v) is 33.8. The highest BCUT2D eigenvalue weighted by Crippen LogP contribution is 2.75. The molecular weight excluding hydrogens is 796 g/mol. The van der Waals surface area contributed by atoms with Crippen LogP contribution in [0.15, 0.2) is 44.6 Å². The first kappa shape index (κ1) is 44.7. The SMILES string of the molecule is c1ccc(C(CN=P(C2CCCC2)(C2CCCC2)C2CCCC2)(CN=P(C2CCCC2)(C2CCCC2)C2CCCC2)CN=P(C2CCCC2)(C2CCCC2)C2CCCC2)cc1. The lowest BCUT2D eigenvalue weighted by atomic mass is 9.80. The highest BCUT2D eigenvalue weighted by molar-refractivity contribution is 7.69. The zero-order valence-corrected chi connectivity index (χ0v) is 42.0. The van der Waals surface area contributed by atoms with E-state index in [1.165, 1.54) is 231 Å². The highest BCUT2D eigenvalue weighted by atomic mass is 31.2. The van der Waals surface area contributed by atoms with Crippen molar-refractivity contribution in [3.05, 3.63) is 35.9 Å². The summed E-state index contributed by atoms with van der Waals surface area (Å²) in [6.07, 6.45) is 53.5. The Kier molecular flexibility index (Phi) is 15.0. The zero-order chi connectivity index (χ0) is 41.0. The van der Waals surface area contributed by atoms with E-state index in [0.717, 1.165) is 70.6 Å². The van der Waals surface area contributed by atoms with Crippen LogP contribution in [0.2, 0.25) is 0 Å². The van der Waals surface area contributed by atoms with Gasteiger partial charge >= 0.3 is 0 Å². The number of hydrogen-bond acceptors (Lipinski definition) is 3. The molecule has 0 unspecified atom stereocenters. The molecule has 3 nitrogen and oxygen atoms in total. The van der Waals surface area contributed by atoms with E-state index < -0.39 is 21.2 Å². The second-order valence-electron chi connectivity index (χ2n) is 23.4.